The van der Waals surface area contributed by atoms with Gasteiger partial charge in [0.2, 0.25) is 0 Å². The molecule has 17 heavy (non-hydrogen) atoms. The smallest absolute Gasteiger partial charge is 0.194 e. The van der Waals surface area contributed by atoms with Gasteiger partial charge in [0.1, 0.15) is 0 Å². The van der Waals surface area contributed by atoms with Crippen LogP contribution >= 0.6 is 27.3 Å². The molecule has 0 spiro atoms. The highest BCUT2D eigenvalue weighted by Crippen LogP contribution is 2.31. The van der Waals surface area contributed by atoms with E-state index >= 15 is 0 Å². The molecule has 0 fully saturated rings. The van der Waals surface area contributed by atoms with Crippen LogP contribution in [-0.4, -0.2) is 9.38 Å². The van der Waals surface area contributed by atoms with E-state index in [0.29, 0.717) is 6.54 Å². The summed E-state index contributed by atoms with van der Waals surface area (Å²) in [6.07, 6.45) is 3.79. The van der Waals surface area contributed by atoms with E-state index in [4.69, 9.17) is 5.73 Å². The largest absolute Gasteiger partial charge is 0.326 e. The summed E-state index contributed by atoms with van der Waals surface area (Å²) < 4.78 is 3.17. The lowest BCUT2D eigenvalue weighted by molar-refractivity contribution is 1.08. The number of hydrogen-bond donors (Lipinski definition) is 1. The zero-order valence-corrected chi connectivity index (χ0v) is 11.3. The Morgan fingerprint density at radius 3 is 2.76 bits per heavy atom. The summed E-state index contributed by atoms with van der Waals surface area (Å²) in [6, 6.07) is 8.25. The normalized spacial score (nSPS) is 11.2. The first-order chi connectivity index (χ1) is 8.29. The number of aromatic nitrogens is 2. The summed E-state index contributed by atoms with van der Waals surface area (Å²) in [5.74, 6) is 0. The predicted molar refractivity (Wildman–Crippen MR) is 74.1 cm³/mol. The first kappa shape index (κ1) is 11.0. The van der Waals surface area contributed by atoms with Gasteiger partial charge in [0.15, 0.2) is 4.96 Å². The van der Waals surface area contributed by atoms with E-state index in [1.165, 1.54) is 0 Å². The Kier molecular flexibility index (Phi) is 2.74. The molecule has 0 aliphatic heterocycles. The molecule has 0 amide bonds. The second-order valence-electron chi connectivity index (χ2n) is 3.66. The van der Waals surface area contributed by atoms with Crippen LogP contribution in [0.4, 0.5) is 0 Å². The monoisotopic (exact) mass is 307 g/mol. The summed E-state index contributed by atoms with van der Waals surface area (Å²) in [7, 11) is 0. The van der Waals surface area contributed by atoms with Crippen LogP contribution in [0.25, 0.3) is 16.2 Å². The fourth-order valence-electron chi connectivity index (χ4n) is 1.87. The Labute approximate surface area is 111 Å². The van der Waals surface area contributed by atoms with Crippen LogP contribution in [-0.2, 0) is 6.54 Å². The zero-order valence-electron chi connectivity index (χ0n) is 8.93. The Balaban J connectivity index is 2.26. The Morgan fingerprint density at radius 1 is 1.29 bits per heavy atom. The van der Waals surface area contributed by atoms with Gasteiger partial charge >= 0.3 is 0 Å². The molecule has 2 N–H and O–H groups in total. The minimum absolute atomic E-state index is 0.541. The minimum Gasteiger partial charge on any atom is -0.326 e. The van der Waals surface area contributed by atoms with Crippen molar-refractivity contribution in [3.63, 3.8) is 0 Å². The molecule has 86 valence electrons. The molecular weight excluding hydrogens is 298 g/mol. The summed E-state index contributed by atoms with van der Waals surface area (Å²) in [5, 5.41) is 0. The molecule has 0 atom stereocenters. The Hall–Kier alpha value is -1.17. The maximum absolute atomic E-state index is 5.80. The summed E-state index contributed by atoms with van der Waals surface area (Å²) in [5.41, 5.74) is 8.12. The van der Waals surface area contributed by atoms with Gasteiger partial charge in [-0.25, -0.2) is 4.98 Å². The second-order valence-corrected chi connectivity index (χ2v) is 5.64. The van der Waals surface area contributed by atoms with Crippen LogP contribution in [0.1, 0.15) is 4.88 Å². The summed E-state index contributed by atoms with van der Waals surface area (Å²) >= 11 is 5.09. The molecule has 0 saturated heterocycles. The molecule has 0 aliphatic rings. The van der Waals surface area contributed by atoms with Crippen molar-refractivity contribution in [3.05, 3.63) is 46.0 Å². The van der Waals surface area contributed by atoms with E-state index in [1.54, 1.807) is 11.3 Å². The fourth-order valence-corrected chi connectivity index (χ4v) is 3.12. The van der Waals surface area contributed by atoms with Gasteiger partial charge in [-0.15, -0.1) is 0 Å². The third-order valence-electron chi connectivity index (χ3n) is 2.63. The molecule has 0 saturated carbocycles. The molecule has 5 heteroatoms. The average Bonchev–Trinajstić information content (AvgIpc) is 2.89. The van der Waals surface area contributed by atoms with Crippen LogP contribution in [0, 0.1) is 0 Å². The van der Waals surface area contributed by atoms with E-state index in [2.05, 4.69) is 37.4 Å². The number of nitrogens with zero attached hydrogens (tertiary/aromatic N) is 2. The van der Waals surface area contributed by atoms with Crippen LogP contribution in [0.5, 0.6) is 0 Å². The number of fused-ring (bicyclic) bond motifs is 1. The van der Waals surface area contributed by atoms with Gasteiger partial charge in [0, 0.05) is 28.3 Å². The van der Waals surface area contributed by atoms with Gasteiger partial charge in [-0.2, -0.15) is 0 Å². The van der Waals surface area contributed by atoms with Gasteiger partial charge in [-0.3, -0.25) is 4.40 Å². The highest BCUT2D eigenvalue weighted by Gasteiger charge is 2.13. The summed E-state index contributed by atoms with van der Waals surface area (Å²) in [6.45, 7) is 0.541. The van der Waals surface area contributed by atoms with Gasteiger partial charge in [-0.05, 0) is 17.7 Å². The molecule has 1 aromatic carbocycles. The van der Waals surface area contributed by atoms with Crippen molar-refractivity contribution < 1.29 is 0 Å². The number of thiazole rings is 1. The minimum atomic E-state index is 0.541. The predicted octanol–water partition coefficient (Wildman–Crippen LogP) is 3.28. The fraction of sp³-hybridized carbons (Fsp3) is 0.0833. The standard InChI is InChI=1S/C12H10BrN3S/c13-9-3-1-8(2-4-9)11-10(7-14)17-12-15-5-6-16(11)12/h1-6H,7,14H2. The molecule has 2 aromatic heterocycles. The second kappa shape index (κ2) is 4.25. The van der Waals surface area contributed by atoms with Gasteiger partial charge < -0.3 is 5.73 Å². The lowest BCUT2D eigenvalue weighted by Crippen LogP contribution is -1.97. The zero-order chi connectivity index (χ0) is 11.8. The van der Waals surface area contributed by atoms with Crippen LogP contribution < -0.4 is 5.73 Å². The number of nitrogens with two attached hydrogens (primary N) is 1. The highest BCUT2D eigenvalue weighted by molar-refractivity contribution is 9.10. The highest BCUT2D eigenvalue weighted by atomic mass is 79.9. The molecule has 0 radical (unpaired) electrons. The maximum Gasteiger partial charge on any atom is 0.194 e. The number of rotatable bonds is 2. The third-order valence-corrected chi connectivity index (χ3v) is 4.25. The van der Waals surface area contributed by atoms with Crippen molar-refractivity contribution in [3.8, 4) is 11.3 Å². The van der Waals surface area contributed by atoms with Gasteiger partial charge in [0.25, 0.3) is 0 Å². The van der Waals surface area contributed by atoms with E-state index in [9.17, 15) is 0 Å². The molecule has 3 aromatic rings. The van der Waals surface area contributed by atoms with Crippen LogP contribution in [0.2, 0.25) is 0 Å². The molecule has 2 heterocycles. The topological polar surface area (TPSA) is 43.3 Å². The van der Waals surface area contributed by atoms with Crippen molar-refractivity contribution in [2.45, 2.75) is 6.54 Å². The molecular formula is C12H10BrN3S. The Bertz CT molecular complexity index is 654. The molecule has 0 unspecified atom stereocenters. The van der Waals surface area contributed by atoms with Crippen molar-refractivity contribution in [2.24, 2.45) is 5.73 Å². The van der Waals surface area contributed by atoms with E-state index in [1.807, 2.05) is 24.5 Å². The molecule has 3 nitrogen and oxygen atoms in total. The van der Waals surface area contributed by atoms with Crippen molar-refractivity contribution >= 4 is 32.2 Å². The quantitative estimate of drug-likeness (QED) is 0.789. The average molecular weight is 308 g/mol. The van der Waals surface area contributed by atoms with Crippen molar-refractivity contribution in [1.29, 1.82) is 0 Å². The van der Waals surface area contributed by atoms with E-state index in [0.717, 1.165) is 25.6 Å². The van der Waals surface area contributed by atoms with E-state index < -0.39 is 0 Å². The molecule has 0 bridgehead atoms. The van der Waals surface area contributed by atoms with Crippen LogP contribution in [0.3, 0.4) is 0 Å². The third kappa shape index (κ3) is 1.80. The first-order valence-electron chi connectivity index (χ1n) is 5.20. The van der Waals surface area contributed by atoms with Gasteiger partial charge in [0.05, 0.1) is 5.69 Å². The molecule has 0 aliphatic carbocycles. The lowest BCUT2D eigenvalue weighted by atomic mass is 10.1. The number of benzene rings is 1. The SMILES string of the molecule is NCc1sc2nccn2c1-c1ccc(Br)cc1. The summed E-state index contributed by atoms with van der Waals surface area (Å²) in [4.78, 5) is 6.46. The van der Waals surface area contributed by atoms with Gasteiger partial charge in [-0.1, -0.05) is 39.4 Å². The number of halogens is 1. The first-order valence-corrected chi connectivity index (χ1v) is 6.81. The number of hydrogen-bond acceptors (Lipinski definition) is 3. The van der Waals surface area contributed by atoms with Crippen LogP contribution in [0.15, 0.2) is 41.1 Å². The Morgan fingerprint density at radius 2 is 2.06 bits per heavy atom. The van der Waals surface area contributed by atoms with Crippen molar-refractivity contribution in [2.75, 3.05) is 0 Å². The lowest BCUT2D eigenvalue weighted by Gasteiger charge is -2.03. The maximum atomic E-state index is 5.80. The van der Waals surface area contributed by atoms with E-state index in [-0.39, 0.29) is 0 Å². The van der Waals surface area contributed by atoms with Crippen molar-refractivity contribution in [1.82, 2.24) is 9.38 Å². The molecule has 3 rings (SSSR count). The number of imidazole rings is 1.